The molecule has 0 aliphatic heterocycles. The van der Waals surface area contributed by atoms with Gasteiger partial charge < -0.3 is 5.73 Å². The van der Waals surface area contributed by atoms with E-state index in [0.29, 0.717) is 18.4 Å². The topological polar surface area (TPSA) is 26.0 Å². The summed E-state index contributed by atoms with van der Waals surface area (Å²) in [7, 11) is 0. The van der Waals surface area contributed by atoms with Crippen molar-refractivity contribution in [3.63, 3.8) is 0 Å². The van der Waals surface area contributed by atoms with E-state index in [0.717, 1.165) is 15.2 Å². The molecule has 2 rings (SSSR count). The van der Waals surface area contributed by atoms with Crippen LogP contribution in [0.4, 0.5) is 8.78 Å². The summed E-state index contributed by atoms with van der Waals surface area (Å²) < 4.78 is 27.8. The maximum Gasteiger partial charge on any atom is 0.162 e. The van der Waals surface area contributed by atoms with Gasteiger partial charge >= 0.3 is 0 Å². The molecule has 0 spiro atoms. The van der Waals surface area contributed by atoms with Crippen LogP contribution in [0, 0.1) is 15.2 Å². The van der Waals surface area contributed by atoms with Crippen LogP contribution in [0.1, 0.15) is 11.1 Å². The van der Waals surface area contributed by atoms with Gasteiger partial charge in [-0.1, -0.05) is 24.3 Å². The molecule has 0 aromatic heterocycles. The number of hydrogen-bond donors (Lipinski definition) is 1. The van der Waals surface area contributed by atoms with Crippen molar-refractivity contribution < 1.29 is 8.78 Å². The van der Waals surface area contributed by atoms with Crippen molar-refractivity contribution in [3.05, 3.63) is 68.8 Å². The predicted molar refractivity (Wildman–Crippen MR) is 80.9 cm³/mol. The Morgan fingerprint density at radius 1 is 1.00 bits per heavy atom. The van der Waals surface area contributed by atoms with Crippen molar-refractivity contribution in [2.45, 2.75) is 18.9 Å². The Kier molecular flexibility index (Phi) is 4.87. The summed E-state index contributed by atoms with van der Waals surface area (Å²) in [5.74, 6) is -1.61. The predicted octanol–water partition coefficient (Wildman–Crippen LogP) is 3.68. The van der Waals surface area contributed by atoms with Crippen LogP contribution >= 0.6 is 22.6 Å². The van der Waals surface area contributed by atoms with Crippen molar-refractivity contribution >= 4 is 22.6 Å². The molecule has 0 fully saturated rings. The van der Waals surface area contributed by atoms with Gasteiger partial charge in [0.1, 0.15) is 0 Å². The summed E-state index contributed by atoms with van der Waals surface area (Å²) >= 11 is 2.23. The van der Waals surface area contributed by atoms with E-state index in [9.17, 15) is 8.78 Å². The fourth-order valence-electron chi connectivity index (χ4n) is 1.98. The van der Waals surface area contributed by atoms with Crippen LogP contribution < -0.4 is 5.73 Å². The average Bonchev–Trinajstić information content (AvgIpc) is 2.38. The number of benzene rings is 2. The Morgan fingerprint density at radius 3 is 2.37 bits per heavy atom. The number of nitrogens with two attached hydrogens (primary N) is 1. The molecule has 0 saturated heterocycles. The minimum absolute atomic E-state index is 0.226. The van der Waals surface area contributed by atoms with Crippen LogP contribution in [0.3, 0.4) is 0 Å². The summed E-state index contributed by atoms with van der Waals surface area (Å²) in [6.45, 7) is 0. The fraction of sp³-hybridized carbons (Fsp3) is 0.200. The second-order valence-electron chi connectivity index (χ2n) is 4.51. The largest absolute Gasteiger partial charge is 0.327 e. The van der Waals surface area contributed by atoms with Crippen molar-refractivity contribution in [2.75, 3.05) is 0 Å². The van der Waals surface area contributed by atoms with Crippen LogP contribution in [0.15, 0.2) is 42.5 Å². The molecule has 4 heteroatoms. The zero-order valence-corrected chi connectivity index (χ0v) is 12.4. The van der Waals surface area contributed by atoms with Gasteiger partial charge in [0.25, 0.3) is 0 Å². The molecule has 0 heterocycles. The molecule has 0 radical (unpaired) electrons. The van der Waals surface area contributed by atoms with E-state index in [-0.39, 0.29) is 6.04 Å². The number of halogens is 3. The summed E-state index contributed by atoms with van der Waals surface area (Å²) in [5.41, 5.74) is 7.44. The summed E-state index contributed by atoms with van der Waals surface area (Å²) in [5, 5.41) is 0. The third kappa shape index (κ3) is 3.98. The van der Waals surface area contributed by atoms with Crippen molar-refractivity contribution in [1.82, 2.24) is 0 Å². The second-order valence-corrected chi connectivity index (χ2v) is 5.75. The zero-order chi connectivity index (χ0) is 13.8. The maximum absolute atomic E-state index is 13.5. The van der Waals surface area contributed by atoms with E-state index in [2.05, 4.69) is 22.6 Å². The van der Waals surface area contributed by atoms with Gasteiger partial charge in [0.05, 0.1) is 0 Å². The Bertz CT molecular complexity index is 555. The SMILES string of the molecule is NC(Cc1ccc(I)cc1)Cc1cccc(F)c1F. The number of hydrogen-bond acceptors (Lipinski definition) is 1. The molecule has 100 valence electrons. The molecule has 0 aliphatic rings. The Labute approximate surface area is 125 Å². The van der Waals surface area contributed by atoms with Crippen molar-refractivity contribution in [1.29, 1.82) is 0 Å². The molecule has 0 saturated carbocycles. The first-order valence-corrected chi connectivity index (χ1v) is 7.07. The van der Waals surface area contributed by atoms with Gasteiger partial charge in [-0.05, 0) is 64.8 Å². The lowest BCUT2D eigenvalue weighted by atomic mass is 9.99. The molecule has 1 unspecified atom stereocenters. The summed E-state index contributed by atoms with van der Waals surface area (Å²) in [6.07, 6.45) is 0.975. The van der Waals surface area contributed by atoms with Gasteiger partial charge in [0, 0.05) is 9.61 Å². The second kappa shape index (κ2) is 6.43. The smallest absolute Gasteiger partial charge is 0.162 e. The zero-order valence-electron chi connectivity index (χ0n) is 10.2. The third-order valence-corrected chi connectivity index (χ3v) is 3.64. The van der Waals surface area contributed by atoms with E-state index in [1.54, 1.807) is 6.07 Å². The lowest BCUT2D eigenvalue weighted by molar-refractivity contribution is 0.492. The van der Waals surface area contributed by atoms with Crippen LogP contribution in [-0.2, 0) is 12.8 Å². The highest BCUT2D eigenvalue weighted by Crippen LogP contribution is 2.15. The van der Waals surface area contributed by atoms with E-state index < -0.39 is 11.6 Å². The monoisotopic (exact) mass is 373 g/mol. The molecule has 0 aliphatic carbocycles. The molecule has 2 aromatic rings. The van der Waals surface area contributed by atoms with E-state index in [1.165, 1.54) is 6.07 Å². The minimum Gasteiger partial charge on any atom is -0.327 e. The lowest BCUT2D eigenvalue weighted by Crippen LogP contribution is -2.26. The molecule has 2 N–H and O–H groups in total. The van der Waals surface area contributed by atoms with Crippen molar-refractivity contribution in [2.24, 2.45) is 5.73 Å². The van der Waals surface area contributed by atoms with Crippen LogP contribution in [0.25, 0.3) is 0 Å². The highest BCUT2D eigenvalue weighted by Gasteiger charge is 2.12. The first-order chi connectivity index (χ1) is 9.06. The lowest BCUT2D eigenvalue weighted by Gasteiger charge is -2.12. The normalized spacial score (nSPS) is 12.4. The Balaban J connectivity index is 2.03. The standard InChI is InChI=1S/C15H14F2IN/c16-14-3-1-2-11(15(14)17)9-13(19)8-10-4-6-12(18)7-5-10/h1-7,13H,8-9,19H2. The van der Waals surface area contributed by atoms with E-state index in [1.807, 2.05) is 24.3 Å². The molecule has 19 heavy (non-hydrogen) atoms. The van der Waals surface area contributed by atoms with Gasteiger partial charge in [0.2, 0.25) is 0 Å². The van der Waals surface area contributed by atoms with Gasteiger partial charge in [0.15, 0.2) is 11.6 Å². The molecular weight excluding hydrogens is 359 g/mol. The quantitative estimate of drug-likeness (QED) is 0.814. The molecule has 1 atom stereocenters. The minimum atomic E-state index is -0.820. The average molecular weight is 373 g/mol. The van der Waals surface area contributed by atoms with Gasteiger partial charge in [-0.25, -0.2) is 8.78 Å². The molecule has 2 aromatic carbocycles. The van der Waals surface area contributed by atoms with E-state index >= 15 is 0 Å². The van der Waals surface area contributed by atoms with Gasteiger partial charge in [-0.3, -0.25) is 0 Å². The highest BCUT2D eigenvalue weighted by atomic mass is 127. The molecule has 0 amide bonds. The fourth-order valence-corrected chi connectivity index (χ4v) is 2.34. The first kappa shape index (κ1) is 14.4. The Hall–Kier alpha value is -1.01. The summed E-state index contributed by atoms with van der Waals surface area (Å²) in [4.78, 5) is 0. The highest BCUT2D eigenvalue weighted by molar-refractivity contribution is 14.1. The van der Waals surface area contributed by atoms with E-state index in [4.69, 9.17) is 5.73 Å². The van der Waals surface area contributed by atoms with Gasteiger partial charge in [-0.2, -0.15) is 0 Å². The van der Waals surface area contributed by atoms with Crippen molar-refractivity contribution in [3.8, 4) is 0 Å². The molecular formula is C15H14F2IN. The van der Waals surface area contributed by atoms with Gasteiger partial charge in [-0.15, -0.1) is 0 Å². The summed E-state index contributed by atoms with van der Waals surface area (Å²) in [6, 6.07) is 12.0. The Morgan fingerprint density at radius 2 is 1.68 bits per heavy atom. The van der Waals surface area contributed by atoms with Crippen LogP contribution in [0.2, 0.25) is 0 Å². The third-order valence-electron chi connectivity index (χ3n) is 2.92. The first-order valence-electron chi connectivity index (χ1n) is 5.99. The van der Waals surface area contributed by atoms with Crippen LogP contribution in [-0.4, -0.2) is 6.04 Å². The molecule has 1 nitrogen and oxygen atoms in total. The van der Waals surface area contributed by atoms with Crippen LogP contribution in [0.5, 0.6) is 0 Å². The maximum atomic E-state index is 13.5. The molecule has 0 bridgehead atoms. The number of rotatable bonds is 4.